The molecule has 0 aromatic rings. The van der Waals surface area contributed by atoms with Crippen molar-refractivity contribution in [3.05, 3.63) is 0 Å². The van der Waals surface area contributed by atoms with E-state index >= 15 is 0 Å². The van der Waals surface area contributed by atoms with Gasteiger partial charge in [0.1, 0.15) is 11.2 Å². The van der Waals surface area contributed by atoms with Crippen LogP contribution in [0, 0.1) is 35.5 Å². The molecule has 4 rings (SSSR count). The van der Waals surface area contributed by atoms with Crippen molar-refractivity contribution in [2.24, 2.45) is 35.5 Å². The van der Waals surface area contributed by atoms with Gasteiger partial charge in [0.05, 0.1) is 0 Å². The number of hydrogen-bond acceptors (Lipinski definition) is 5. The molecule has 4 atom stereocenters. The lowest BCUT2D eigenvalue weighted by Crippen LogP contribution is -2.42. The molecule has 2 aliphatic heterocycles. The van der Waals surface area contributed by atoms with Gasteiger partial charge in [-0.2, -0.15) is 0 Å². The van der Waals surface area contributed by atoms with Gasteiger partial charge in [-0.15, -0.1) is 0 Å². The number of aliphatic hydroxyl groups is 1. The molecule has 0 aromatic heterocycles. The quantitative estimate of drug-likeness (QED) is 0.255. The van der Waals surface area contributed by atoms with Gasteiger partial charge in [-0.05, 0) is 133 Å². The number of ether oxygens (including phenoxy) is 2. The van der Waals surface area contributed by atoms with Gasteiger partial charge in [-0.25, -0.2) is 9.59 Å². The predicted molar refractivity (Wildman–Crippen MR) is 159 cm³/mol. The van der Waals surface area contributed by atoms with Crippen LogP contribution in [0.5, 0.6) is 0 Å². The van der Waals surface area contributed by atoms with Gasteiger partial charge in [0.25, 0.3) is 0 Å². The van der Waals surface area contributed by atoms with E-state index in [1.165, 1.54) is 36.5 Å². The van der Waals surface area contributed by atoms with E-state index in [-0.39, 0.29) is 17.8 Å². The van der Waals surface area contributed by atoms with Crippen molar-refractivity contribution < 1.29 is 24.2 Å². The van der Waals surface area contributed by atoms with Crippen molar-refractivity contribution >= 4 is 34.8 Å². The number of likely N-dealkylation sites (tertiary alicyclic amines) is 2. The summed E-state index contributed by atoms with van der Waals surface area (Å²) in [5.74, 6) is 5.07. The van der Waals surface area contributed by atoms with Crippen molar-refractivity contribution in [3.8, 4) is 0 Å². The minimum Gasteiger partial charge on any atom is -0.444 e. The highest BCUT2D eigenvalue weighted by atomic mass is 127. The summed E-state index contributed by atoms with van der Waals surface area (Å²) >= 11 is 2.48. The van der Waals surface area contributed by atoms with Gasteiger partial charge in [-0.1, -0.05) is 22.6 Å². The third kappa shape index (κ3) is 10.3. The van der Waals surface area contributed by atoms with Crippen LogP contribution in [0.3, 0.4) is 0 Å². The van der Waals surface area contributed by atoms with E-state index in [4.69, 9.17) is 14.6 Å². The fourth-order valence-corrected chi connectivity index (χ4v) is 7.14. The van der Waals surface area contributed by atoms with Crippen LogP contribution in [0.15, 0.2) is 0 Å². The smallest absolute Gasteiger partial charge is 0.410 e. The molecule has 1 N–H and O–H groups in total. The van der Waals surface area contributed by atoms with E-state index in [1.54, 1.807) is 0 Å². The Bertz CT molecular complexity index is 700. The highest BCUT2D eigenvalue weighted by Crippen LogP contribution is 2.50. The molecule has 220 valence electrons. The lowest BCUT2D eigenvalue weighted by atomic mass is 9.91. The summed E-state index contributed by atoms with van der Waals surface area (Å²) in [7, 11) is 0. The summed E-state index contributed by atoms with van der Waals surface area (Å²) < 4.78 is 12.1. The van der Waals surface area contributed by atoms with Crippen LogP contribution < -0.4 is 0 Å². The molecule has 0 radical (unpaired) electrons. The Morgan fingerprint density at radius 3 is 1.42 bits per heavy atom. The number of nitrogens with zero attached hydrogens (tertiary/aromatic N) is 2. The van der Waals surface area contributed by atoms with Crippen LogP contribution in [0.4, 0.5) is 9.59 Å². The Balaban J connectivity index is 0.000000211. The van der Waals surface area contributed by atoms with Crippen molar-refractivity contribution in [2.75, 3.05) is 37.2 Å². The lowest BCUT2D eigenvalue weighted by Gasteiger charge is -2.33. The van der Waals surface area contributed by atoms with Gasteiger partial charge in [0.15, 0.2) is 0 Å². The van der Waals surface area contributed by atoms with E-state index in [2.05, 4.69) is 22.6 Å². The van der Waals surface area contributed by atoms with Crippen LogP contribution >= 0.6 is 22.6 Å². The molecule has 2 saturated heterocycles. The van der Waals surface area contributed by atoms with Crippen molar-refractivity contribution in [2.45, 2.75) is 104 Å². The van der Waals surface area contributed by atoms with Crippen LogP contribution in [0.1, 0.15) is 92.9 Å². The first-order chi connectivity index (χ1) is 17.8. The zero-order chi connectivity index (χ0) is 28.1. The molecule has 2 aliphatic carbocycles. The number of carbonyl (C=O) groups is 2. The Hall–Kier alpha value is -0.770. The van der Waals surface area contributed by atoms with E-state index in [1.807, 2.05) is 51.3 Å². The topological polar surface area (TPSA) is 79.3 Å². The van der Waals surface area contributed by atoms with Crippen molar-refractivity contribution in [1.82, 2.24) is 9.80 Å². The third-order valence-electron chi connectivity index (χ3n) is 8.53. The molecular weight excluding hydrogens is 595 g/mol. The third-order valence-corrected chi connectivity index (χ3v) is 9.15. The Morgan fingerprint density at radius 1 is 0.737 bits per heavy atom. The normalized spacial score (nSPS) is 28.3. The molecule has 0 aromatic carbocycles. The number of aliphatic hydroxyl groups excluding tert-OH is 1. The van der Waals surface area contributed by atoms with E-state index < -0.39 is 5.60 Å². The molecule has 2 saturated carbocycles. The second kappa shape index (κ2) is 13.7. The minimum absolute atomic E-state index is 0.134. The first-order valence-corrected chi connectivity index (χ1v) is 16.5. The fraction of sp³-hybridized carbons (Fsp3) is 0.933. The summed E-state index contributed by atoms with van der Waals surface area (Å²) in [6, 6.07) is 0. The van der Waals surface area contributed by atoms with Crippen molar-refractivity contribution in [1.29, 1.82) is 0 Å². The molecule has 38 heavy (non-hydrogen) atoms. The molecule has 4 unspecified atom stereocenters. The summed E-state index contributed by atoms with van der Waals surface area (Å²) in [4.78, 5) is 27.6. The number of hydrogen-bond donors (Lipinski definition) is 1. The number of halogens is 1. The Kier molecular flexibility index (Phi) is 11.5. The summed E-state index contributed by atoms with van der Waals surface area (Å²) in [5.41, 5.74) is -0.785. The first-order valence-electron chi connectivity index (χ1n) is 14.9. The van der Waals surface area contributed by atoms with Crippen LogP contribution in [0.25, 0.3) is 0 Å². The zero-order valence-corrected chi connectivity index (χ0v) is 26.9. The SMILES string of the molecule is CC(C)(C)OC(=O)N1CCC(C2CC2CCI)CC1.CC(C)(C)OC(=O)N1CCC(C2CC2CCO)CC1. The molecule has 4 aliphatic rings. The van der Waals surface area contributed by atoms with Crippen molar-refractivity contribution in [3.63, 3.8) is 0 Å². The van der Waals surface area contributed by atoms with Gasteiger partial charge in [0.2, 0.25) is 0 Å². The molecule has 4 fully saturated rings. The van der Waals surface area contributed by atoms with Gasteiger partial charge in [-0.3, -0.25) is 0 Å². The molecule has 2 amide bonds. The summed E-state index contributed by atoms with van der Waals surface area (Å²) in [6.07, 6.45) is 9.26. The average Bonchev–Trinajstić information content (AvgIpc) is 3.75. The van der Waals surface area contributed by atoms with Gasteiger partial charge < -0.3 is 24.4 Å². The maximum absolute atomic E-state index is 12.0. The molecule has 7 nitrogen and oxygen atoms in total. The van der Waals surface area contributed by atoms with Crippen LogP contribution in [-0.2, 0) is 9.47 Å². The van der Waals surface area contributed by atoms with E-state index in [0.717, 1.165) is 80.9 Å². The van der Waals surface area contributed by atoms with Crippen LogP contribution in [-0.4, -0.2) is 75.5 Å². The number of piperidine rings is 2. The lowest BCUT2D eigenvalue weighted by molar-refractivity contribution is 0.0163. The number of rotatable bonds is 6. The second-order valence-electron chi connectivity index (χ2n) is 13.9. The molecule has 0 bridgehead atoms. The highest BCUT2D eigenvalue weighted by molar-refractivity contribution is 14.1. The monoisotopic (exact) mass is 648 g/mol. The molecule has 0 spiro atoms. The number of carbonyl (C=O) groups excluding carboxylic acids is 2. The first kappa shape index (κ1) is 31.8. The molecule has 8 heteroatoms. The average molecular weight is 649 g/mol. The molecule has 2 heterocycles. The number of alkyl halides is 1. The standard InChI is InChI=1S/C15H26INO2.C15H27NO3/c1-15(2,3)19-14(18)17-8-5-11(6-9-17)13-10-12(13)4-7-16;1-15(2,3)19-14(18)16-7-4-11(5-8-16)13-10-12(13)6-9-17/h11-13H,4-10H2,1-3H3;11-13,17H,4-10H2,1-3H3. The maximum Gasteiger partial charge on any atom is 0.410 e. The largest absolute Gasteiger partial charge is 0.444 e. The zero-order valence-electron chi connectivity index (χ0n) is 24.7. The van der Waals surface area contributed by atoms with E-state index in [0.29, 0.717) is 6.61 Å². The summed E-state index contributed by atoms with van der Waals surface area (Å²) in [6.45, 7) is 15.2. The Morgan fingerprint density at radius 2 is 1.11 bits per heavy atom. The van der Waals surface area contributed by atoms with Gasteiger partial charge >= 0.3 is 12.2 Å². The maximum atomic E-state index is 12.0. The minimum atomic E-state index is -0.406. The van der Waals surface area contributed by atoms with Gasteiger partial charge in [0, 0.05) is 32.8 Å². The highest BCUT2D eigenvalue weighted by Gasteiger charge is 2.44. The van der Waals surface area contributed by atoms with Crippen LogP contribution in [0.2, 0.25) is 0 Å². The second-order valence-corrected chi connectivity index (χ2v) is 15.0. The summed E-state index contributed by atoms with van der Waals surface area (Å²) in [5, 5.41) is 8.95. The number of amides is 2. The predicted octanol–water partition coefficient (Wildman–Crippen LogP) is 6.75. The fourth-order valence-electron chi connectivity index (χ4n) is 6.34. The Labute approximate surface area is 244 Å². The molecular formula is C30H53IN2O5. The van der Waals surface area contributed by atoms with E-state index in [9.17, 15) is 9.59 Å².